The number of pyridine rings is 1. The summed E-state index contributed by atoms with van der Waals surface area (Å²) < 4.78 is 5.39. The molecule has 0 aliphatic heterocycles. The van der Waals surface area contributed by atoms with Crippen LogP contribution in [0.15, 0.2) is 30.1 Å². The molecule has 0 aliphatic carbocycles. The van der Waals surface area contributed by atoms with Crippen molar-refractivity contribution >= 4 is 22.7 Å². The first-order chi connectivity index (χ1) is 9.10. The van der Waals surface area contributed by atoms with E-state index in [9.17, 15) is 4.79 Å². The van der Waals surface area contributed by atoms with Crippen molar-refractivity contribution in [2.24, 2.45) is 0 Å². The summed E-state index contributed by atoms with van der Waals surface area (Å²) in [5.74, 6) is 0.503. The Bertz CT molecular complexity index is 656. The second-order valence-corrected chi connectivity index (χ2v) is 4.39. The molecule has 0 amide bonds. The Morgan fingerprint density at radius 1 is 1.42 bits per heavy atom. The summed E-state index contributed by atoms with van der Waals surface area (Å²) in [6, 6.07) is 0. The molecule has 1 heterocycles. The molecule has 3 nitrogen and oxygen atoms in total. The molecule has 0 aliphatic rings. The van der Waals surface area contributed by atoms with Gasteiger partial charge in [0.25, 0.3) is 5.56 Å². The monoisotopic (exact) mass is 279 g/mol. The van der Waals surface area contributed by atoms with Crippen LogP contribution in [0.4, 0.5) is 0 Å². The van der Waals surface area contributed by atoms with E-state index in [2.05, 4.69) is 18.1 Å². The van der Waals surface area contributed by atoms with Crippen LogP contribution in [0.25, 0.3) is 11.1 Å². The summed E-state index contributed by atoms with van der Waals surface area (Å²) in [5, 5.41) is 1.95. The van der Waals surface area contributed by atoms with E-state index in [4.69, 9.17) is 16.3 Å². The highest BCUT2D eigenvalue weighted by molar-refractivity contribution is 6.45. The number of aromatic nitrogens is 1. The maximum absolute atomic E-state index is 12.0. The van der Waals surface area contributed by atoms with Crippen LogP contribution in [-0.4, -0.2) is 12.1 Å². The van der Waals surface area contributed by atoms with Crippen molar-refractivity contribution in [3.8, 4) is 5.75 Å². The first-order valence-electron chi connectivity index (χ1n) is 5.96. The van der Waals surface area contributed by atoms with E-state index in [0.717, 1.165) is 0 Å². The number of hydrogen-bond donors (Lipinski definition) is 1. The van der Waals surface area contributed by atoms with Crippen molar-refractivity contribution in [3.63, 3.8) is 0 Å². The zero-order valence-corrected chi connectivity index (χ0v) is 12.0. The summed E-state index contributed by atoms with van der Waals surface area (Å²) in [7, 11) is 1.53. The lowest BCUT2D eigenvalue weighted by Crippen LogP contribution is -2.38. The number of halogens is 1. The summed E-state index contributed by atoms with van der Waals surface area (Å²) in [5.41, 5.74) is 0.344. The molecule has 0 atom stereocenters. The smallest absolute Gasteiger partial charge is 0.255 e. The number of rotatable bonds is 5. The predicted octanol–water partition coefficient (Wildman–Crippen LogP) is 1.84. The van der Waals surface area contributed by atoms with Crippen molar-refractivity contribution < 1.29 is 4.74 Å². The van der Waals surface area contributed by atoms with Crippen LogP contribution >= 0.6 is 11.6 Å². The largest absolute Gasteiger partial charge is 0.495 e. The fourth-order valence-corrected chi connectivity index (χ4v) is 2.20. The molecule has 1 rings (SSSR count). The molecule has 1 aromatic rings. The number of H-pyrrole nitrogens is 1. The quantitative estimate of drug-likeness (QED) is 0.836. The van der Waals surface area contributed by atoms with Gasteiger partial charge in [0, 0.05) is 16.8 Å². The number of nitrogens with one attached hydrogen (secondary N) is 1. The van der Waals surface area contributed by atoms with Crippen molar-refractivity contribution in [1.82, 2.24) is 4.98 Å². The van der Waals surface area contributed by atoms with Crippen molar-refractivity contribution in [2.75, 3.05) is 7.11 Å². The van der Waals surface area contributed by atoms with Crippen LogP contribution in [0.5, 0.6) is 5.75 Å². The van der Waals surface area contributed by atoms with Gasteiger partial charge in [0.2, 0.25) is 0 Å². The third kappa shape index (κ3) is 3.18. The molecule has 0 spiro atoms. The Balaban J connectivity index is 3.93. The maximum atomic E-state index is 12.0. The van der Waals surface area contributed by atoms with Crippen molar-refractivity contribution in [1.29, 1.82) is 0 Å². The number of ether oxygens (including phenoxy) is 1. The molecule has 1 N–H and O–H groups in total. The second-order valence-electron chi connectivity index (χ2n) is 3.93. The highest BCUT2D eigenvalue weighted by Gasteiger charge is 2.12. The third-order valence-corrected chi connectivity index (χ3v) is 3.07. The minimum atomic E-state index is -0.184. The zero-order valence-electron chi connectivity index (χ0n) is 11.3. The first kappa shape index (κ1) is 15.3. The van der Waals surface area contributed by atoms with Gasteiger partial charge in [-0.25, -0.2) is 0 Å². The molecule has 0 bridgehead atoms. The SMILES string of the molecule is C=CCC(Cl)=c1c(OC)c(CC=C)c(=O)[nH]c1=CC. The van der Waals surface area contributed by atoms with Crippen molar-refractivity contribution in [3.05, 3.63) is 51.8 Å². The number of allylic oxidation sites excluding steroid dienone is 2. The molecule has 0 unspecified atom stereocenters. The lowest BCUT2D eigenvalue weighted by Gasteiger charge is -2.09. The minimum Gasteiger partial charge on any atom is -0.495 e. The van der Waals surface area contributed by atoms with Crippen LogP contribution in [0.2, 0.25) is 0 Å². The van der Waals surface area contributed by atoms with E-state index < -0.39 is 0 Å². The Kier molecular flexibility index (Phi) is 5.64. The highest BCUT2D eigenvalue weighted by atomic mass is 35.5. The molecular formula is C15H18ClNO2. The average Bonchev–Trinajstić information content (AvgIpc) is 2.40. The molecule has 0 saturated carbocycles. The van der Waals surface area contributed by atoms with Gasteiger partial charge in [-0.2, -0.15) is 0 Å². The molecule has 1 aromatic heterocycles. The van der Waals surface area contributed by atoms with Crippen LogP contribution in [0.1, 0.15) is 18.9 Å². The van der Waals surface area contributed by atoms with Gasteiger partial charge < -0.3 is 9.72 Å². The molecule has 0 saturated heterocycles. The molecule has 0 fully saturated rings. The maximum Gasteiger partial charge on any atom is 0.255 e. The van der Waals surface area contributed by atoms with Crippen LogP contribution in [0, 0.1) is 0 Å². The van der Waals surface area contributed by atoms with E-state index >= 15 is 0 Å². The lowest BCUT2D eigenvalue weighted by molar-refractivity contribution is 0.404. The van der Waals surface area contributed by atoms with Gasteiger partial charge in [0.1, 0.15) is 5.75 Å². The summed E-state index contributed by atoms with van der Waals surface area (Å²) in [4.78, 5) is 14.8. The molecular weight excluding hydrogens is 262 g/mol. The van der Waals surface area contributed by atoms with Gasteiger partial charge in [-0.1, -0.05) is 29.8 Å². The van der Waals surface area contributed by atoms with E-state index in [1.165, 1.54) is 7.11 Å². The minimum absolute atomic E-state index is 0.184. The number of hydrogen-bond acceptors (Lipinski definition) is 2. The Morgan fingerprint density at radius 3 is 2.58 bits per heavy atom. The normalized spacial score (nSPS) is 13.1. The van der Waals surface area contributed by atoms with Gasteiger partial charge in [0.15, 0.2) is 0 Å². The van der Waals surface area contributed by atoms with Gasteiger partial charge in [0.05, 0.1) is 17.9 Å². The molecule has 102 valence electrons. The van der Waals surface area contributed by atoms with E-state index in [1.807, 2.05) is 6.92 Å². The van der Waals surface area contributed by atoms with E-state index in [-0.39, 0.29) is 5.56 Å². The molecule has 4 heteroatoms. The van der Waals surface area contributed by atoms with E-state index in [1.54, 1.807) is 18.2 Å². The van der Waals surface area contributed by atoms with Crippen LogP contribution < -0.4 is 20.9 Å². The van der Waals surface area contributed by atoms with Gasteiger partial charge in [-0.15, -0.1) is 13.2 Å². The fourth-order valence-electron chi connectivity index (χ4n) is 1.91. The molecule has 19 heavy (non-hydrogen) atoms. The van der Waals surface area contributed by atoms with Crippen molar-refractivity contribution in [2.45, 2.75) is 19.8 Å². The van der Waals surface area contributed by atoms with E-state index in [0.29, 0.717) is 39.8 Å². The number of methoxy groups -OCH3 is 1. The third-order valence-electron chi connectivity index (χ3n) is 2.73. The Labute approximate surface area is 117 Å². The Hall–Kier alpha value is -1.74. The Morgan fingerprint density at radius 2 is 2.11 bits per heavy atom. The summed E-state index contributed by atoms with van der Waals surface area (Å²) in [6.07, 6.45) is 6.10. The first-order valence-corrected chi connectivity index (χ1v) is 6.34. The van der Waals surface area contributed by atoms with Gasteiger partial charge in [-0.05, 0) is 13.3 Å². The summed E-state index contributed by atoms with van der Waals surface area (Å²) >= 11 is 6.30. The predicted molar refractivity (Wildman–Crippen MR) is 81.0 cm³/mol. The number of aromatic amines is 1. The second kappa shape index (κ2) is 7.00. The van der Waals surface area contributed by atoms with Gasteiger partial charge in [-0.3, -0.25) is 4.79 Å². The average molecular weight is 280 g/mol. The highest BCUT2D eigenvalue weighted by Crippen LogP contribution is 2.13. The van der Waals surface area contributed by atoms with Gasteiger partial charge >= 0.3 is 0 Å². The van der Waals surface area contributed by atoms with Crippen LogP contribution in [-0.2, 0) is 6.42 Å². The zero-order chi connectivity index (χ0) is 14.4. The standard InChI is InChI=1S/C15H18ClNO2/c1-5-8-10-14(19-4)13(11(16)9-6-2)12(7-3)17-15(10)18/h5-7H,1-2,8-9H2,3-4H3,(H,17,18). The molecule has 0 aromatic carbocycles. The lowest BCUT2D eigenvalue weighted by atomic mass is 10.1. The summed E-state index contributed by atoms with van der Waals surface area (Å²) in [6.45, 7) is 9.16. The van der Waals surface area contributed by atoms with Crippen LogP contribution in [0.3, 0.4) is 0 Å². The molecule has 0 radical (unpaired) electrons. The topological polar surface area (TPSA) is 42.1 Å². The fraction of sp³-hybridized carbons (Fsp3) is 0.267.